The first-order chi connectivity index (χ1) is 8.15. The molecular weight excluding hydrogens is 214 g/mol. The van der Waals surface area contributed by atoms with Crippen molar-refractivity contribution in [2.45, 2.75) is 18.4 Å². The Hall–Kier alpha value is -1.39. The molecule has 1 aliphatic heterocycles. The number of piperidine rings is 1. The fourth-order valence-electron chi connectivity index (χ4n) is 2.55. The SMILES string of the molecule is NC(=O)CN1CC(N)CC(c2ccccc2)C1. The zero-order valence-electron chi connectivity index (χ0n) is 9.88. The topological polar surface area (TPSA) is 72.4 Å². The van der Waals surface area contributed by atoms with E-state index in [9.17, 15) is 4.79 Å². The van der Waals surface area contributed by atoms with Crippen LogP contribution in [0.25, 0.3) is 0 Å². The molecule has 1 saturated heterocycles. The van der Waals surface area contributed by atoms with E-state index in [1.165, 1.54) is 5.56 Å². The van der Waals surface area contributed by atoms with Crippen molar-refractivity contribution in [3.05, 3.63) is 35.9 Å². The van der Waals surface area contributed by atoms with E-state index in [4.69, 9.17) is 11.5 Å². The van der Waals surface area contributed by atoms with Crippen molar-refractivity contribution in [3.8, 4) is 0 Å². The van der Waals surface area contributed by atoms with Crippen molar-refractivity contribution >= 4 is 5.91 Å². The average Bonchev–Trinajstić information content (AvgIpc) is 2.28. The molecule has 4 heteroatoms. The lowest BCUT2D eigenvalue weighted by molar-refractivity contribution is -0.119. The van der Waals surface area contributed by atoms with Crippen molar-refractivity contribution in [2.24, 2.45) is 11.5 Å². The van der Waals surface area contributed by atoms with Gasteiger partial charge < -0.3 is 11.5 Å². The van der Waals surface area contributed by atoms with Gasteiger partial charge in [0.15, 0.2) is 0 Å². The molecule has 1 fully saturated rings. The van der Waals surface area contributed by atoms with Crippen LogP contribution in [-0.2, 0) is 4.79 Å². The van der Waals surface area contributed by atoms with Crippen LogP contribution in [0.4, 0.5) is 0 Å². The summed E-state index contributed by atoms with van der Waals surface area (Å²) < 4.78 is 0. The van der Waals surface area contributed by atoms with Crippen molar-refractivity contribution in [1.82, 2.24) is 4.90 Å². The molecule has 1 aromatic carbocycles. The van der Waals surface area contributed by atoms with Gasteiger partial charge in [-0.2, -0.15) is 0 Å². The zero-order valence-corrected chi connectivity index (χ0v) is 9.88. The van der Waals surface area contributed by atoms with Gasteiger partial charge in [-0.1, -0.05) is 30.3 Å². The summed E-state index contributed by atoms with van der Waals surface area (Å²) in [7, 11) is 0. The first kappa shape index (κ1) is 12.1. The van der Waals surface area contributed by atoms with E-state index >= 15 is 0 Å². The summed E-state index contributed by atoms with van der Waals surface area (Å²) in [5, 5.41) is 0. The summed E-state index contributed by atoms with van der Waals surface area (Å²) in [6.07, 6.45) is 0.972. The second-order valence-electron chi connectivity index (χ2n) is 4.76. The van der Waals surface area contributed by atoms with Crippen LogP contribution in [0, 0.1) is 0 Å². The van der Waals surface area contributed by atoms with Crippen LogP contribution < -0.4 is 11.5 Å². The van der Waals surface area contributed by atoms with E-state index in [-0.39, 0.29) is 11.9 Å². The Morgan fingerprint density at radius 2 is 2.00 bits per heavy atom. The minimum atomic E-state index is -0.286. The number of likely N-dealkylation sites (tertiary alicyclic amines) is 1. The minimum Gasteiger partial charge on any atom is -0.369 e. The summed E-state index contributed by atoms with van der Waals surface area (Å²) in [6.45, 7) is 1.92. The smallest absolute Gasteiger partial charge is 0.231 e. The molecule has 2 atom stereocenters. The Morgan fingerprint density at radius 1 is 1.29 bits per heavy atom. The highest BCUT2D eigenvalue weighted by Crippen LogP contribution is 2.25. The number of hydrogen-bond acceptors (Lipinski definition) is 3. The van der Waals surface area contributed by atoms with Gasteiger partial charge in [-0.25, -0.2) is 0 Å². The Bertz CT molecular complexity index is 380. The van der Waals surface area contributed by atoms with E-state index in [2.05, 4.69) is 12.1 Å². The highest BCUT2D eigenvalue weighted by Gasteiger charge is 2.26. The molecule has 1 amide bonds. The number of rotatable bonds is 3. The minimum absolute atomic E-state index is 0.119. The average molecular weight is 233 g/mol. The van der Waals surface area contributed by atoms with Crippen molar-refractivity contribution < 1.29 is 4.79 Å². The maximum atomic E-state index is 11.0. The van der Waals surface area contributed by atoms with Crippen LogP contribution in [0.5, 0.6) is 0 Å². The molecular formula is C13H19N3O. The van der Waals surface area contributed by atoms with Crippen LogP contribution in [-0.4, -0.2) is 36.5 Å². The summed E-state index contributed by atoms with van der Waals surface area (Å²) in [4.78, 5) is 13.0. The molecule has 2 rings (SSSR count). The maximum Gasteiger partial charge on any atom is 0.231 e. The molecule has 0 aromatic heterocycles. The predicted octanol–water partition coefficient (Wildman–Crippen LogP) is 0.289. The van der Waals surface area contributed by atoms with Gasteiger partial charge in [-0.3, -0.25) is 9.69 Å². The molecule has 1 aliphatic rings. The third kappa shape index (κ3) is 3.28. The largest absolute Gasteiger partial charge is 0.369 e. The normalized spacial score (nSPS) is 25.7. The Labute approximate surface area is 102 Å². The number of nitrogens with two attached hydrogens (primary N) is 2. The number of carbonyl (C=O) groups excluding carboxylic acids is 1. The third-order valence-electron chi connectivity index (χ3n) is 3.21. The number of amides is 1. The Morgan fingerprint density at radius 3 is 2.65 bits per heavy atom. The van der Waals surface area contributed by atoms with Gasteiger partial charge in [0.1, 0.15) is 0 Å². The van der Waals surface area contributed by atoms with Crippen LogP contribution in [0.2, 0.25) is 0 Å². The van der Waals surface area contributed by atoms with Gasteiger partial charge in [0.2, 0.25) is 5.91 Å². The number of hydrogen-bond donors (Lipinski definition) is 2. The molecule has 0 radical (unpaired) electrons. The highest BCUT2D eigenvalue weighted by molar-refractivity contribution is 5.75. The van der Waals surface area contributed by atoms with Crippen molar-refractivity contribution in [3.63, 3.8) is 0 Å². The quantitative estimate of drug-likeness (QED) is 0.788. The fourth-order valence-corrected chi connectivity index (χ4v) is 2.55. The standard InChI is InChI=1S/C13H19N3O/c14-12-6-11(10-4-2-1-3-5-10)7-16(8-12)9-13(15)17/h1-5,11-12H,6-9,14H2,(H2,15,17). The first-order valence-corrected chi connectivity index (χ1v) is 5.96. The van der Waals surface area contributed by atoms with Crippen LogP contribution in [0.15, 0.2) is 30.3 Å². The lowest BCUT2D eigenvalue weighted by Gasteiger charge is -2.35. The van der Waals surface area contributed by atoms with Crippen LogP contribution >= 0.6 is 0 Å². The molecule has 92 valence electrons. The number of benzene rings is 1. The monoisotopic (exact) mass is 233 g/mol. The van der Waals surface area contributed by atoms with E-state index in [0.29, 0.717) is 12.5 Å². The Kier molecular flexibility index (Phi) is 3.76. The van der Waals surface area contributed by atoms with Gasteiger partial charge in [-0.15, -0.1) is 0 Å². The molecule has 0 aliphatic carbocycles. The summed E-state index contributed by atoms with van der Waals surface area (Å²) in [5.41, 5.74) is 12.6. The fraction of sp³-hybridized carbons (Fsp3) is 0.462. The molecule has 0 spiro atoms. The van der Waals surface area contributed by atoms with E-state index in [1.807, 2.05) is 23.1 Å². The molecule has 2 unspecified atom stereocenters. The second kappa shape index (κ2) is 5.29. The molecule has 0 saturated carbocycles. The third-order valence-corrected chi connectivity index (χ3v) is 3.21. The number of primary amides is 1. The lowest BCUT2D eigenvalue weighted by Crippen LogP contribution is -2.48. The lowest BCUT2D eigenvalue weighted by atomic mass is 9.88. The zero-order chi connectivity index (χ0) is 12.3. The van der Waals surface area contributed by atoms with Gasteiger partial charge in [-0.05, 0) is 17.9 Å². The molecule has 0 bridgehead atoms. The van der Waals surface area contributed by atoms with Gasteiger partial charge in [0.25, 0.3) is 0 Å². The van der Waals surface area contributed by atoms with Crippen LogP contribution in [0.1, 0.15) is 17.9 Å². The first-order valence-electron chi connectivity index (χ1n) is 5.96. The predicted molar refractivity (Wildman–Crippen MR) is 67.4 cm³/mol. The van der Waals surface area contributed by atoms with Crippen molar-refractivity contribution in [2.75, 3.05) is 19.6 Å². The molecule has 1 heterocycles. The number of nitrogens with zero attached hydrogens (tertiary/aromatic N) is 1. The molecule has 17 heavy (non-hydrogen) atoms. The van der Waals surface area contributed by atoms with Gasteiger partial charge in [0, 0.05) is 19.1 Å². The Balaban J connectivity index is 2.06. The van der Waals surface area contributed by atoms with E-state index in [1.54, 1.807) is 0 Å². The second-order valence-corrected chi connectivity index (χ2v) is 4.76. The van der Waals surface area contributed by atoms with Gasteiger partial charge in [0.05, 0.1) is 6.54 Å². The molecule has 1 aromatic rings. The maximum absolute atomic E-state index is 11.0. The van der Waals surface area contributed by atoms with Crippen molar-refractivity contribution in [1.29, 1.82) is 0 Å². The van der Waals surface area contributed by atoms with E-state index in [0.717, 1.165) is 19.5 Å². The molecule has 4 N–H and O–H groups in total. The molecule has 4 nitrogen and oxygen atoms in total. The van der Waals surface area contributed by atoms with Crippen LogP contribution in [0.3, 0.4) is 0 Å². The summed E-state index contributed by atoms with van der Waals surface area (Å²) in [6, 6.07) is 10.4. The van der Waals surface area contributed by atoms with E-state index < -0.39 is 0 Å². The van der Waals surface area contributed by atoms with Gasteiger partial charge >= 0.3 is 0 Å². The summed E-state index contributed by atoms with van der Waals surface area (Å²) >= 11 is 0. The highest BCUT2D eigenvalue weighted by atomic mass is 16.1. The summed E-state index contributed by atoms with van der Waals surface area (Å²) in [5.74, 6) is 0.116. The number of carbonyl (C=O) groups is 1.